The number of thiazole rings is 1. The van der Waals surface area contributed by atoms with Crippen LogP contribution in [0.25, 0.3) is 10.2 Å². The number of furan rings is 1. The van der Waals surface area contributed by atoms with Gasteiger partial charge >= 0.3 is 0 Å². The van der Waals surface area contributed by atoms with Crippen LogP contribution in [-0.4, -0.2) is 28.2 Å². The van der Waals surface area contributed by atoms with Crippen molar-refractivity contribution >= 4 is 38.5 Å². The second kappa shape index (κ2) is 6.49. The molecule has 3 heterocycles. The lowest BCUT2D eigenvalue weighted by molar-refractivity contribution is -0.128. The maximum atomic E-state index is 13.7. The van der Waals surface area contributed by atoms with Crippen LogP contribution in [0.4, 0.5) is 13.9 Å². The molecule has 4 rings (SSSR count). The van der Waals surface area contributed by atoms with Crippen molar-refractivity contribution in [3.63, 3.8) is 0 Å². The Labute approximate surface area is 150 Å². The second-order valence-corrected chi connectivity index (χ2v) is 7.03. The summed E-state index contributed by atoms with van der Waals surface area (Å²) in [6, 6.07) is 5.40. The maximum Gasteiger partial charge on any atom is 0.231 e. The SMILES string of the molecule is O=C(Nc1nc2c(F)cc(F)cc2s1)[C@H]1CC(=O)N(Cc2ccco2)C1. The van der Waals surface area contributed by atoms with Crippen LogP contribution < -0.4 is 5.32 Å². The Hall–Kier alpha value is -2.81. The minimum Gasteiger partial charge on any atom is -0.467 e. The Kier molecular flexibility index (Phi) is 4.15. The molecule has 0 radical (unpaired) electrons. The fourth-order valence-electron chi connectivity index (χ4n) is 2.91. The van der Waals surface area contributed by atoms with Crippen molar-refractivity contribution in [1.29, 1.82) is 0 Å². The zero-order valence-corrected chi connectivity index (χ0v) is 14.2. The van der Waals surface area contributed by atoms with Crippen LogP contribution in [0.15, 0.2) is 34.9 Å². The molecule has 0 saturated carbocycles. The number of rotatable bonds is 4. The molecule has 3 aromatic rings. The van der Waals surface area contributed by atoms with E-state index in [-0.39, 0.29) is 35.4 Å². The van der Waals surface area contributed by atoms with Gasteiger partial charge in [-0.3, -0.25) is 9.59 Å². The van der Waals surface area contributed by atoms with E-state index in [1.54, 1.807) is 17.0 Å². The maximum absolute atomic E-state index is 13.7. The van der Waals surface area contributed by atoms with Gasteiger partial charge in [0.2, 0.25) is 11.8 Å². The van der Waals surface area contributed by atoms with Gasteiger partial charge in [0, 0.05) is 19.0 Å². The van der Waals surface area contributed by atoms with E-state index < -0.39 is 17.6 Å². The molecule has 26 heavy (non-hydrogen) atoms. The highest BCUT2D eigenvalue weighted by molar-refractivity contribution is 7.22. The molecule has 0 spiro atoms. The standard InChI is InChI=1S/C17H13F2N3O3S/c18-10-5-12(19)15-13(6-10)26-17(20-15)21-16(24)9-4-14(23)22(7-9)8-11-2-1-3-25-11/h1-3,5-6,9H,4,7-8H2,(H,20,21,24)/t9-/m0/s1. The molecule has 1 fully saturated rings. The van der Waals surface area contributed by atoms with Gasteiger partial charge in [-0.1, -0.05) is 11.3 Å². The van der Waals surface area contributed by atoms with Gasteiger partial charge in [-0.25, -0.2) is 13.8 Å². The van der Waals surface area contributed by atoms with Crippen molar-refractivity contribution in [3.8, 4) is 0 Å². The van der Waals surface area contributed by atoms with E-state index in [0.29, 0.717) is 17.0 Å². The third-order valence-electron chi connectivity index (χ3n) is 4.16. The van der Waals surface area contributed by atoms with Crippen molar-refractivity contribution in [2.45, 2.75) is 13.0 Å². The number of carbonyl (C=O) groups excluding carboxylic acids is 2. The minimum atomic E-state index is -0.780. The Morgan fingerprint density at radius 3 is 3.04 bits per heavy atom. The highest BCUT2D eigenvalue weighted by Gasteiger charge is 2.35. The van der Waals surface area contributed by atoms with Crippen molar-refractivity contribution in [2.75, 3.05) is 11.9 Å². The molecule has 0 aliphatic carbocycles. The second-order valence-electron chi connectivity index (χ2n) is 6.00. The van der Waals surface area contributed by atoms with E-state index in [1.165, 1.54) is 6.26 Å². The predicted octanol–water partition coefficient (Wildman–Crippen LogP) is 3.15. The summed E-state index contributed by atoms with van der Waals surface area (Å²) < 4.78 is 32.5. The number of nitrogens with one attached hydrogen (secondary N) is 1. The Balaban J connectivity index is 1.45. The number of likely N-dealkylation sites (tertiary alicyclic amines) is 1. The van der Waals surface area contributed by atoms with Gasteiger partial charge in [0.1, 0.15) is 17.1 Å². The number of amides is 2. The monoisotopic (exact) mass is 377 g/mol. The quantitative estimate of drug-likeness (QED) is 0.758. The van der Waals surface area contributed by atoms with Crippen LogP contribution in [0.1, 0.15) is 12.2 Å². The fourth-order valence-corrected chi connectivity index (χ4v) is 3.82. The summed E-state index contributed by atoms with van der Waals surface area (Å²) in [5.41, 5.74) is 0.00800. The van der Waals surface area contributed by atoms with E-state index in [2.05, 4.69) is 10.3 Å². The van der Waals surface area contributed by atoms with E-state index in [9.17, 15) is 18.4 Å². The first-order valence-electron chi connectivity index (χ1n) is 7.86. The summed E-state index contributed by atoms with van der Waals surface area (Å²) in [5.74, 6) is -1.89. The fraction of sp³-hybridized carbons (Fsp3) is 0.235. The number of anilines is 1. The first-order valence-corrected chi connectivity index (χ1v) is 8.68. The number of benzene rings is 1. The molecule has 9 heteroatoms. The molecule has 1 saturated heterocycles. The summed E-state index contributed by atoms with van der Waals surface area (Å²) in [7, 11) is 0. The normalized spacial score (nSPS) is 17.2. The Morgan fingerprint density at radius 1 is 1.42 bits per heavy atom. The molecular formula is C17H13F2N3O3S. The number of fused-ring (bicyclic) bond motifs is 1. The summed E-state index contributed by atoms with van der Waals surface area (Å²) in [5, 5.41) is 2.77. The smallest absolute Gasteiger partial charge is 0.231 e. The van der Waals surface area contributed by atoms with Gasteiger partial charge in [-0.05, 0) is 18.2 Å². The number of halogens is 2. The minimum absolute atomic E-state index is 0.00800. The Morgan fingerprint density at radius 2 is 2.27 bits per heavy atom. The molecule has 1 N–H and O–H groups in total. The summed E-state index contributed by atoms with van der Waals surface area (Å²) in [4.78, 5) is 30.1. The molecule has 1 aliphatic heterocycles. The van der Waals surface area contributed by atoms with Gasteiger partial charge in [-0.15, -0.1) is 0 Å². The zero-order chi connectivity index (χ0) is 18.3. The van der Waals surface area contributed by atoms with Gasteiger partial charge in [0.25, 0.3) is 0 Å². The third-order valence-corrected chi connectivity index (χ3v) is 5.07. The van der Waals surface area contributed by atoms with Crippen LogP contribution in [0, 0.1) is 17.6 Å². The predicted molar refractivity (Wildman–Crippen MR) is 90.4 cm³/mol. The lowest BCUT2D eigenvalue weighted by Crippen LogP contribution is -2.27. The molecule has 1 aliphatic rings. The summed E-state index contributed by atoms with van der Waals surface area (Å²) >= 11 is 0.982. The topological polar surface area (TPSA) is 75.4 Å². The third kappa shape index (κ3) is 3.17. The highest BCUT2D eigenvalue weighted by atomic mass is 32.1. The van der Waals surface area contributed by atoms with E-state index in [1.807, 2.05) is 0 Å². The number of hydrogen-bond donors (Lipinski definition) is 1. The van der Waals surface area contributed by atoms with E-state index >= 15 is 0 Å². The van der Waals surface area contributed by atoms with Gasteiger partial charge in [-0.2, -0.15) is 0 Å². The van der Waals surface area contributed by atoms with Crippen molar-refractivity contribution in [2.24, 2.45) is 5.92 Å². The van der Waals surface area contributed by atoms with E-state index in [0.717, 1.165) is 23.5 Å². The molecular weight excluding hydrogens is 364 g/mol. The van der Waals surface area contributed by atoms with Crippen molar-refractivity contribution < 1.29 is 22.8 Å². The molecule has 2 amide bonds. The molecule has 1 aromatic carbocycles. The molecule has 0 bridgehead atoms. The van der Waals surface area contributed by atoms with Crippen LogP contribution in [0.2, 0.25) is 0 Å². The molecule has 1 atom stereocenters. The lowest BCUT2D eigenvalue weighted by Gasteiger charge is -2.14. The first-order chi connectivity index (χ1) is 12.5. The number of nitrogens with zero attached hydrogens (tertiary/aromatic N) is 2. The first kappa shape index (κ1) is 16.6. The zero-order valence-electron chi connectivity index (χ0n) is 13.4. The highest BCUT2D eigenvalue weighted by Crippen LogP contribution is 2.30. The number of carbonyl (C=O) groups is 2. The van der Waals surface area contributed by atoms with Gasteiger partial charge < -0.3 is 14.6 Å². The number of aromatic nitrogens is 1. The van der Waals surface area contributed by atoms with Crippen LogP contribution in [-0.2, 0) is 16.1 Å². The van der Waals surface area contributed by atoms with Crippen LogP contribution in [0.3, 0.4) is 0 Å². The Bertz CT molecular complexity index is 987. The summed E-state index contributed by atoms with van der Waals surface area (Å²) in [6.07, 6.45) is 1.61. The van der Waals surface area contributed by atoms with Gasteiger partial charge in [0.15, 0.2) is 10.9 Å². The average Bonchev–Trinajstić information content (AvgIpc) is 3.29. The van der Waals surface area contributed by atoms with Crippen LogP contribution >= 0.6 is 11.3 Å². The largest absolute Gasteiger partial charge is 0.467 e. The average molecular weight is 377 g/mol. The van der Waals surface area contributed by atoms with Gasteiger partial charge in [0.05, 0.1) is 23.4 Å². The lowest BCUT2D eigenvalue weighted by atomic mass is 10.1. The van der Waals surface area contributed by atoms with Crippen LogP contribution in [0.5, 0.6) is 0 Å². The molecule has 2 aromatic heterocycles. The van der Waals surface area contributed by atoms with Crippen molar-refractivity contribution in [1.82, 2.24) is 9.88 Å². The van der Waals surface area contributed by atoms with E-state index in [4.69, 9.17) is 4.42 Å². The summed E-state index contributed by atoms with van der Waals surface area (Å²) in [6.45, 7) is 0.570. The molecule has 134 valence electrons. The van der Waals surface area contributed by atoms with Crippen molar-refractivity contribution in [3.05, 3.63) is 47.9 Å². The molecule has 0 unspecified atom stereocenters. The number of hydrogen-bond acceptors (Lipinski definition) is 5. The molecule has 6 nitrogen and oxygen atoms in total.